The number of hydrogen-bond donors (Lipinski definition) is 2. The lowest BCUT2D eigenvalue weighted by molar-refractivity contribution is 0.409. The fraction of sp³-hybridized carbons (Fsp3) is 0.273. The maximum absolute atomic E-state index is 5.41. The topological polar surface area (TPSA) is 63.5 Å². The summed E-state index contributed by atoms with van der Waals surface area (Å²) >= 11 is 0. The van der Waals surface area contributed by atoms with E-state index in [4.69, 9.17) is 9.84 Å². The second-order valence-electron chi connectivity index (χ2n) is 6.49. The van der Waals surface area contributed by atoms with E-state index in [0.717, 1.165) is 34.3 Å². The van der Waals surface area contributed by atoms with Crippen LogP contribution in [0.5, 0.6) is 5.75 Å². The minimum Gasteiger partial charge on any atom is -0.496 e. The summed E-state index contributed by atoms with van der Waals surface area (Å²) in [7, 11) is 3.45. The molecule has 0 saturated carbocycles. The lowest BCUT2D eigenvalue weighted by atomic mass is 10.2. The first-order chi connectivity index (χ1) is 13.6. The van der Waals surface area contributed by atoms with Crippen LogP contribution in [0.1, 0.15) is 22.5 Å². The Bertz CT molecular complexity index is 947. The molecular weight excluding hydrogens is 350 g/mol. The minimum atomic E-state index is 0.630. The predicted octanol–water partition coefficient (Wildman–Crippen LogP) is 3.36. The van der Waals surface area contributed by atoms with Crippen molar-refractivity contribution in [3.05, 3.63) is 77.1 Å². The van der Waals surface area contributed by atoms with E-state index < -0.39 is 0 Å². The van der Waals surface area contributed by atoms with E-state index in [0.29, 0.717) is 13.1 Å². The van der Waals surface area contributed by atoms with Gasteiger partial charge in [0.25, 0.3) is 0 Å². The van der Waals surface area contributed by atoms with Crippen molar-refractivity contribution < 1.29 is 4.74 Å². The van der Waals surface area contributed by atoms with Gasteiger partial charge in [0.05, 0.1) is 18.5 Å². The highest BCUT2D eigenvalue weighted by Crippen LogP contribution is 2.18. The minimum absolute atomic E-state index is 0.630. The number of nitrogens with one attached hydrogen (secondary N) is 2. The van der Waals surface area contributed by atoms with Crippen molar-refractivity contribution in [2.24, 2.45) is 4.99 Å². The summed E-state index contributed by atoms with van der Waals surface area (Å²) < 4.78 is 7.39. The molecule has 6 heteroatoms. The monoisotopic (exact) mass is 377 g/mol. The molecule has 6 nitrogen and oxygen atoms in total. The average Bonchev–Trinajstić information content (AvgIpc) is 3.02. The predicted molar refractivity (Wildman–Crippen MR) is 113 cm³/mol. The van der Waals surface area contributed by atoms with Gasteiger partial charge in [0.15, 0.2) is 5.96 Å². The van der Waals surface area contributed by atoms with E-state index in [2.05, 4.69) is 34.7 Å². The number of methoxy groups -OCH3 is 1. The third-order valence-corrected chi connectivity index (χ3v) is 4.74. The molecule has 3 rings (SSSR count). The van der Waals surface area contributed by atoms with Crippen molar-refractivity contribution in [3.8, 4) is 11.4 Å². The van der Waals surface area contributed by atoms with E-state index in [1.54, 1.807) is 14.2 Å². The van der Waals surface area contributed by atoms with Crippen LogP contribution in [0.3, 0.4) is 0 Å². The quantitative estimate of drug-likeness (QED) is 0.511. The summed E-state index contributed by atoms with van der Waals surface area (Å²) in [5.74, 6) is 1.60. The molecule has 0 fully saturated rings. The number of benzene rings is 2. The molecule has 0 saturated heterocycles. The van der Waals surface area contributed by atoms with Crippen molar-refractivity contribution in [3.63, 3.8) is 0 Å². The molecule has 1 heterocycles. The third kappa shape index (κ3) is 4.34. The maximum Gasteiger partial charge on any atom is 0.191 e. The number of nitrogens with zero attached hydrogens (tertiary/aromatic N) is 3. The van der Waals surface area contributed by atoms with Crippen LogP contribution in [0.2, 0.25) is 0 Å². The lowest BCUT2D eigenvalue weighted by Gasteiger charge is -2.14. The van der Waals surface area contributed by atoms with Crippen LogP contribution in [0.15, 0.2) is 59.6 Å². The van der Waals surface area contributed by atoms with E-state index >= 15 is 0 Å². The van der Waals surface area contributed by atoms with Crippen molar-refractivity contribution in [1.29, 1.82) is 0 Å². The second-order valence-corrected chi connectivity index (χ2v) is 6.49. The number of rotatable bonds is 6. The Morgan fingerprint density at radius 3 is 2.39 bits per heavy atom. The van der Waals surface area contributed by atoms with Gasteiger partial charge in [-0.1, -0.05) is 36.4 Å². The Morgan fingerprint density at radius 2 is 1.68 bits per heavy atom. The number of para-hydroxylation sites is 2. The molecule has 0 atom stereocenters. The molecule has 0 unspecified atom stereocenters. The highest BCUT2D eigenvalue weighted by atomic mass is 16.5. The number of aryl methyl sites for hydroxylation is 1. The van der Waals surface area contributed by atoms with Gasteiger partial charge in [-0.3, -0.25) is 4.99 Å². The van der Waals surface area contributed by atoms with E-state index in [-0.39, 0.29) is 0 Å². The van der Waals surface area contributed by atoms with Gasteiger partial charge < -0.3 is 15.4 Å². The molecule has 28 heavy (non-hydrogen) atoms. The molecule has 0 aliphatic carbocycles. The second kappa shape index (κ2) is 9.08. The molecular formula is C22H27N5O. The van der Waals surface area contributed by atoms with Gasteiger partial charge >= 0.3 is 0 Å². The molecule has 1 aromatic heterocycles. The van der Waals surface area contributed by atoms with Crippen molar-refractivity contribution in [2.45, 2.75) is 26.9 Å². The molecule has 0 amide bonds. The smallest absolute Gasteiger partial charge is 0.191 e. The van der Waals surface area contributed by atoms with Crippen LogP contribution in [0, 0.1) is 13.8 Å². The molecule has 146 valence electrons. The average molecular weight is 377 g/mol. The summed E-state index contributed by atoms with van der Waals surface area (Å²) in [5, 5.41) is 11.4. The largest absolute Gasteiger partial charge is 0.496 e. The fourth-order valence-electron chi connectivity index (χ4n) is 3.17. The molecule has 0 spiro atoms. The fourth-order valence-corrected chi connectivity index (χ4v) is 3.17. The summed E-state index contributed by atoms with van der Waals surface area (Å²) in [4.78, 5) is 4.32. The van der Waals surface area contributed by atoms with Gasteiger partial charge in [-0.25, -0.2) is 4.68 Å². The summed E-state index contributed by atoms with van der Waals surface area (Å²) in [5.41, 5.74) is 5.44. The third-order valence-electron chi connectivity index (χ3n) is 4.74. The van der Waals surface area contributed by atoms with Crippen LogP contribution in [-0.4, -0.2) is 29.9 Å². The Morgan fingerprint density at radius 1 is 1.00 bits per heavy atom. The Kier molecular flexibility index (Phi) is 6.32. The first-order valence-electron chi connectivity index (χ1n) is 9.31. The maximum atomic E-state index is 5.41. The first kappa shape index (κ1) is 19.5. The van der Waals surface area contributed by atoms with Crippen molar-refractivity contribution in [1.82, 2.24) is 20.4 Å². The molecule has 0 bridgehead atoms. The normalized spacial score (nSPS) is 11.4. The standard InChI is InChI=1S/C22H27N5O/c1-16-20(17(2)27(26-16)19-11-6-5-7-12-19)15-25-22(23-3)24-14-18-10-8-9-13-21(18)28-4/h5-13H,14-15H2,1-4H3,(H2,23,24,25). The summed E-state index contributed by atoms with van der Waals surface area (Å²) in [6.45, 7) is 5.41. The van der Waals surface area contributed by atoms with Crippen LogP contribution >= 0.6 is 0 Å². The number of aromatic nitrogens is 2. The molecule has 2 aromatic carbocycles. The van der Waals surface area contributed by atoms with Crippen molar-refractivity contribution in [2.75, 3.05) is 14.2 Å². The van der Waals surface area contributed by atoms with Crippen molar-refractivity contribution >= 4 is 5.96 Å². The van der Waals surface area contributed by atoms with E-state index in [1.165, 1.54) is 5.56 Å². The summed E-state index contributed by atoms with van der Waals surface area (Å²) in [6.07, 6.45) is 0. The lowest BCUT2D eigenvalue weighted by Crippen LogP contribution is -2.36. The number of ether oxygens (including phenoxy) is 1. The van der Waals surface area contributed by atoms with Gasteiger partial charge in [-0.05, 0) is 32.0 Å². The molecule has 3 aromatic rings. The van der Waals surface area contributed by atoms with Crippen LogP contribution < -0.4 is 15.4 Å². The van der Waals surface area contributed by atoms with Gasteiger partial charge in [0.1, 0.15) is 5.75 Å². The van der Waals surface area contributed by atoms with Crippen LogP contribution in [0.25, 0.3) is 5.69 Å². The highest BCUT2D eigenvalue weighted by molar-refractivity contribution is 5.79. The van der Waals surface area contributed by atoms with Gasteiger partial charge in [-0.2, -0.15) is 5.10 Å². The number of guanidine groups is 1. The highest BCUT2D eigenvalue weighted by Gasteiger charge is 2.13. The molecule has 0 aliphatic rings. The van der Waals surface area contributed by atoms with E-state index in [9.17, 15) is 0 Å². The number of aliphatic imine (C=N–C) groups is 1. The Hall–Kier alpha value is -3.28. The van der Waals surface area contributed by atoms with Gasteiger partial charge in [0.2, 0.25) is 0 Å². The SMILES string of the molecule is CN=C(NCc1ccccc1OC)NCc1c(C)nn(-c2ccccc2)c1C. The van der Waals surface area contributed by atoms with Crippen LogP contribution in [-0.2, 0) is 13.1 Å². The molecule has 0 radical (unpaired) electrons. The Labute approximate surface area is 166 Å². The summed E-state index contributed by atoms with van der Waals surface area (Å²) in [6, 6.07) is 18.1. The van der Waals surface area contributed by atoms with Gasteiger partial charge in [0, 0.05) is 37.0 Å². The zero-order valence-corrected chi connectivity index (χ0v) is 16.9. The van der Waals surface area contributed by atoms with E-state index in [1.807, 2.05) is 54.1 Å². The molecule has 2 N–H and O–H groups in total. The molecule has 0 aliphatic heterocycles. The Balaban J connectivity index is 1.66. The zero-order valence-electron chi connectivity index (χ0n) is 16.9. The zero-order chi connectivity index (χ0) is 19.9. The number of hydrogen-bond acceptors (Lipinski definition) is 3. The van der Waals surface area contributed by atoms with Crippen LogP contribution in [0.4, 0.5) is 0 Å². The first-order valence-corrected chi connectivity index (χ1v) is 9.31. The van der Waals surface area contributed by atoms with Gasteiger partial charge in [-0.15, -0.1) is 0 Å².